The van der Waals surface area contributed by atoms with Crippen LogP contribution in [0.2, 0.25) is 10.0 Å². The predicted octanol–water partition coefficient (Wildman–Crippen LogP) is 5.84. The molecule has 17 heteroatoms. The molecule has 1 heterocycles. The fourth-order valence-electron chi connectivity index (χ4n) is 3.59. The van der Waals surface area contributed by atoms with Crippen molar-refractivity contribution >= 4 is 67.7 Å². The van der Waals surface area contributed by atoms with Crippen LogP contribution in [0.1, 0.15) is 25.8 Å². The first-order chi connectivity index (χ1) is 20.8. The van der Waals surface area contributed by atoms with Crippen LogP contribution in [-0.2, 0) is 35.5 Å². The van der Waals surface area contributed by atoms with Crippen molar-refractivity contribution in [3.63, 3.8) is 0 Å². The lowest BCUT2D eigenvalue weighted by molar-refractivity contribution is -0.148. The molecule has 1 amide bonds. The van der Waals surface area contributed by atoms with E-state index in [1.54, 1.807) is 25.3 Å². The molecule has 3 aromatic rings. The molecule has 2 aromatic carbocycles. The number of carboxylic acids is 1. The Balaban J connectivity index is 1.68. The van der Waals surface area contributed by atoms with Crippen LogP contribution in [0.25, 0.3) is 0 Å². The lowest BCUT2D eigenvalue weighted by Gasteiger charge is -2.21. The number of hydrogen-bond donors (Lipinski definition) is 2. The van der Waals surface area contributed by atoms with Gasteiger partial charge < -0.3 is 19.3 Å². The van der Waals surface area contributed by atoms with Crippen LogP contribution in [-0.4, -0.2) is 67.7 Å². The van der Waals surface area contributed by atoms with Gasteiger partial charge in [0.05, 0.1) is 10.9 Å². The minimum absolute atomic E-state index is 0.0308. The smallest absolute Gasteiger partial charge is 0.410 e. The number of carbonyl (C=O) groups is 3. The fraction of sp³-hybridized carbons (Fsp3) is 0.333. The van der Waals surface area contributed by atoms with Crippen molar-refractivity contribution < 1.29 is 46.5 Å². The number of aryl methyl sites for hydroxylation is 1. The molecule has 0 fully saturated rings. The largest absolute Gasteiger partial charge is 0.480 e. The summed E-state index contributed by atoms with van der Waals surface area (Å²) >= 11 is 13.4. The molecule has 3 rings (SSSR count). The van der Waals surface area contributed by atoms with Crippen LogP contribution in [0.15, 0.2) is 46.8 Å². The third kappa shape index (κ3) is 10.2. The van der Waals surface area contributed by atoms with Crippen LogP contribution in [0, 0.1) is 11.7 Å². The van der Waals surface area contributed by atoms with Gasteiger partial charge in [0.1, 0.15) is 42.0 Å². The zero-order chi connectivity index (χ0) is 32.4. The SMILES string of the molecule is CC(C)C(=O)OCCOC(=O)N(CCCc1cc(Cl)ccc1Oc1cc(F)c(S(=O)(=O)Nc2nccs2)cc1Cl)CC(=O)O. The average molecular weight is 693 g/mol. The number of rotatable bonds is 15. The highest BCUT2D eigenvalue weighted by molar-refractivity contribution is 7.93. The maximum Gasteiger partial charge on any atom is 0.410 e. The number of aliphatic carboxylic acids is 1. The molecular weight excluding hydrogens is 664 g/mol. The van der Waals surface area contributed by atoms with Crippen LogP contribution in [0.3, 0.4) is 0 Å². The minimum atomic E-state index is -4.33. The van der Waals surface area contributed by atoms with Crippen LogP contribution in [0.4, 0.5) is 14.3 Å². The van der Waals surface area contributed by atoms with Crippen LogP contribution in [0.5, 0.6) is 11.5 Å². The van der Waals surface area contributed by atoms with Crippen molar-refractivity contribution in [3.05, 3.63) is 63.3 Å². The van der Waals surface area contributed by atoms with E-state index in [1.165, 1.54) is 18.3 Å². The fourth-order valence-corrected chi connectivity index (χ4v) is 5.92. The maximum absolute atomic E-state index is 15.0. The summed E-state index contributed by atoms with van der Waals surface area (Å²) in [4.78, 5) is 39.4. The Hall–Kier alpha value is -3.66. The van der Waals surface area contributed by atoms with Crippen molar-refractivity contribution in [3.8, 4) is 11.5 Å². The number of thiazole rings is 1. The summed E-state index contributed by atoms with van der Waals surface area (Å²) in [5, 5.41) is 11.0. The second kappa shape index (κ2) is 15.9. The summed E-state index contributed by atoms with van der Waals surface area (Å²) in [7, 11) is -4.33. The monoisotopic (exact) mass is 691 g/mol. The number of ether oxygens (including phenoxy) is 3. The van der Waals surface area contributed by atoms with E-state index >= 15 is 0 Å². The quantitative estimate of drug-likeness (QED) is 0.146. The molecule has 0 aliphatic carbocycles. The van der Waals surface area contributed by atoms with E-state index in [0.717, 1.165) is 28.4 Å². The second-order valence-electron chi connectivity index (χ2n) is 9.37. The van der Waals surface area contributed by atoms with E-state index in [9.17, 15) is 32.3 Å². The van der Waals surface area contributed by atoms with E-state index in [4.69, 9.17) is 37.4 Å². The molecule has 0 aliphatic heterocycles. The van der Waals surface area contributed by atoms with Crippen LogP contribution < -0.4 is 9.46 Å². The molecule has 0 saturated heterocycles. The molecule has 0 radical (unpaired) electrons. The Bertz CT molecular complexity index is 1590. The maximum atomic E-state index is 15.0. The van der Waals surface area contributed by atoms with Crippen molar-refractivity contribution in [2.24, 2.45) is 5.92 Å². The number of nitrogens with zero attached hydrogens (tertiary/aromatic N) is 2. The number of hydrogen-bond acceptors (Lipinski definition) is 10. The van der Waals surface area contributed by atoms with Gasteiger partial charge in [-0.1, -0.05) is 37.0 Å². The van der Waals surface area contributed by atoms with E-state index < -0.39 is 45.3 Å². The lowest BCUT2D eigenvalue weighted by atomic mass is 10.1. The molecule has 44 heavy (non-hydrogen) atoms. The average Bonchev–Trinajstić information content (AvgIpc) is 3.45. The summed E-state index contributed by atoms with van der Waals surface area (Å²) < 4.78 is 58.3. The van der Waals surface area contributed by atoms with Crippen molar-refractivity contribution in [1.82, 2.24) is 9.88 Å². The third-order valence-electron chi connectivity index (χ3n) is 5.66. The number of benzene rings is 2. The number of carboxylic acid groups (broad SMARTS) is 1. The van der Waals surface area contributed by atoms with Gasteiger partial charge in [-0.3, -0.25) is 19.2 Å². The number of aromatic nitrogens is 1. The molecule has 12 nitrogen and oxygen atoms in total. The molecule has 1 aromatic heterocycles. The Morgan fingerprint density at radius 2 is 1.84 bits per heavy atom. The number of nitrogens with one attached hydrogen (secondary N) is 1. The highest BCUT2D eigenvalue weighted by Crippen LogP contribution is 2.36. The molecule has 0 saturated carbocycles. The first-order valence-electron chi connectivity index (χ1n) is 12.9. The van der Waals surface area contributed by atoms with E-state index in [2.05, 4.69) is 9.71 Å². The zero-order valence-electron chi connectivity index (χ0n) is 23.4. The van der Waals surface area contributed by atoms with Crippen molar-refractivity contribution in [1.29, 1.82) is 0 Å². The molecule has 2 N–H and O–H groups in total. The number of anilines is 1. The predicted molar refractivity (Wildman–Crippen MR) is 161 cm³/mol. The van der Waals surface area contributed by atoms with Gasteiger partial charge in [0.2, 0.25) is 0 Å². The highest BCUT2D eigenvalue weighted by atomic mass is 35.5. The lowest BCUT2D eigenvalue weighted by Crippen LogP contribution is -2.37. The number of amides is 1. The summed E-state index contributed by atoms with van der Waals surface area (Å²) in [6.07, 6.45) is 0.952. The van der Waals surface area contributed by atoms with Gasteiger partial charge in [-0.05, 0) is 42.7 Å². The first kappa shape index (κ1) is 34.8. The molecule has 0 bridgehead atoms. The van der Waals surface area contributed by atoms with Gasteiger partial charge in [0, 0.05) is 29.2 Å². The number of sulfonamides is 1. The molecule has 0 spiro atoms. The van der Waals surface area contributed by atoms with E-state index in [-0.39, 0.29) is 60.2 Å². The number of carbonyl (C=O) groups excluding carboxylic acids is 2. The van der Waals surface area contributed by atoms with Crippen molar-refractivity contribution in [2.75, 3.05) is 31.0 Å². The third-order valence-corrected chi connectivity index (χ3v) is 8.36. The standard InChI is InChI=1S/C27H28Cl2FN3O9S2/c1-16(2)25(36)40-9-10-41-27(37)33(15-24(34)35)8-3-4-17-12-18(28)5-6-21(17)42-22-14-20(30)23(13-19(22)29)44(38,39)32-26-31-7-11-43-26/h5-7,11-14,16H,3-4,8-10,15H2,1-2H3,(H,31,32)(H,34,35). The van der Waals surface area contributed by atoms with Gasteiger partial charge >= 0.3 is 18.0 Å². The molecule has 0 unspecified atom stereocenters. The van der Waals surface area contributed by atoms with Gasteiger partial charge in [0.25, 0.3) is 10.0 Å². The summed E-state index contributed by atoms with van der Waals surface area (Å²) in [6, 6.07) is 6.34. The molecular formula is C27H28Cl2FN3O9S2. The number of esters is 1. The Morgan fingerprint density at radius 1 is 1.11 bits per heavy atom. The Labute approximate surface area is 266 Å². The number of halogens is 3. The molecule has 0 aliphatic rings. The first-order valence-corrected chi connectivity index (χ1v) is 16.1. The minimum Gasteiger partial charge on any atom is -0.480 e. The second-order valence-corrected chi connectivity index (χ2v) is 12.8. The summed E-state index contributed by atoms with van der Waals surface area (Å²) in [5.74, 6) is -3.15. The van der Waals surface area contributed by atoms with Gasteiger partial charge in [-0.2, -0.15) is 0 Å². The summed E-state index contributed by atoms with van der Waals surface area (Å²) in [6.45, 7) is 2.21. The highest BCUT2D eigenvalue weighted by Gasteiger charge is 2.24. The van der Waals surface area contributed by atoms with Gasteiger partial charge in [0.15, 0.2) is 5.13 Å². The zero-order valence-corrected chi connectivity index (χ0v) is 26.6. The van der Waals surface area contributed by atoms with Gasteiger partial charge in [-0.25, -0.2) is 22.6 Å². The Kier molecular flexibility index (Phi) is 12.6. The van der Waals surface area contributed by atoms with Crippen LogP contribution >= 0.6 is 34.5 Å². The summed E-state index contributed by atoms with van der Waals surface area (Å²) in [5.41, 5.74) is 0.514. The topological polar surface area (TPSA) is 161 Å². The van der Waals surface area contributed by atoms with E-state index in [1.807, 2.05) is 0 Å². The van der Waals surface area contributed by atoms with Crippen molar-refractivity contribution in [2.45, 2.75) is 31.6 Å². The Morgan fingerprint density at radius 3 is 2.50 bits per heavy atom. The molecule has 0 atom stereocenters. The normalized spacial score (nSPS) is 11.2. The van der Waals surface area contributed by atoms with E-state index in [0.29, 0.717) is 10.6 Å². The molecule has 238 valence electrons. The van der Waals surface area contributed by atoms with Gasteiger partial charge in [-0.15, -0.1) is 11.3 Å².